The van der Waals surface area contributed by atoms with Crippen molar-refractivity contribution in [2.24, 2.45) is 34.0 Å². The summed E-state index contributed by atoms with van der Waals surface area (Å²) in [5.74, 6) is -3.78. The summed E-state index contributed by atoms with van der Waals surface area (Å²) in [7, 11) is 0. The first-order valence-electron chi connectivity index (χ1n) is 13.0. The zero-order chi connectivity index (χ0) is 29.7. The molecule has 0 saturated carbocycles. The van der Waals surface area contributed by atoms with Crippen molar-refractivity contribution in [2.45, 2.75) is 77.5 Å². The van der Waals surface area contributed by atoms with E-state index in [1.54, 1.807) is 32.9 Å². The number of phenols is 1. The van der Waals surface area contributed by atoms with Crippen molar-refractivity contribution < 1.29 is 29.4 Å². The van der Waals surface area contributed by atoms with Gasteiger partial charge in [-0.05, 0) is 42.4 Å². The molecule has 0 aromatic heterocycles. The number of aliphatic carboxylic acids is 1. The molecule has 0 aliphatic heterocycles. The first kappa shape index (κ1) is 33.2. The van der Waals surface area contributed by atoms with Crippen LogP contribution in [0.5, 0.6) is 5.75 Å². The van der Waals surface area contributed by atoms with Crippen LogP contribution in [0.1, 0.15) is 52.5 Å². The number of carboxylic acids is 1. The average Bonchev–Trinajstić information content (AvgIpc) is 2.87. The van der Waals surface area contributed by atoms with Crippen molar-refractivity contribution in [3.63, 3.8) is 0 Å². The summed E-state index contributed by atoms with van der Waals surface area (Å²) in [6, 6.07) is 1.84. The normalized spacial score (nSPS) is 14.8. The van der Waals surface area contributed by atoms with E-state index in [0.29, 0.717) is 24.9 Å². The molecule has 1 rings (SSSR count). The molecule has 1 aromatic carbocycles. The van der Waals surface area contributed by atoms with Gasteiger partial charge in [-0.3, -0.25) is 19.4 Å². The van der Waals surface area contributed by atoms with Crippen LogP contribution in [0, 0.1) is 11.8 Å². The van der Waals surface area contributed by atoms with E-state index in [1.165, 1.54) is 12.1 Å². The maximum atomic E-state index is 13.4. The number of nitrogens with zero attached hydrogens (tertiary/aromatic N) is 1. The Bertz CT molecular complexity index is 995. The lowest BCUT2D eigenvalue weighted by molar-refractivity contribution is -0.143. The van der Waals surface area contributed by atoms with Gasteiger partial charge in [0.2, 0.25) is 17.7 Å². The summed E-state index contributed by atoms with van der Waals surface area (Å²) >= 11 is 0. The van der Waals surface area contributed by atoms with Gasteiger partial charge >= 0.3 is 5.97 Å². The molecule has 5 unspecified atom stereocenters. The summed E-state index contributed by atoms with van der Waals surface area (Å²) in [6.45, 7) is 7.25. The Labute approximate surface area is 229 Å². The van der Waals surface area contributed by atoms with Crippen LogP contribution in [-0.2, 0) is 25.6 Å². The van der Waals surface area contributed by atoms with Crippen LogP contribution in [-0.4, -0.2) is 70.6 Å². The van der Waals surface area contributed by atoms with Crippen LogP contribution >= 0.6 is 0 Å². The molecule has 0 heterocycles. The van der Waals surface area contributed by atoms with Crippen molar-refractivity contribution in [3.05, 3.63) is 29.8 Å². The molecule has 13 heteroatoms. The van der Waals surface area contributed by atoms with Crippen LogP contribution < -0.4 is 33.2 Å². The number of amides is 3. The molecule has 3 amide bonds. The zero-order valence-corrected chi connectivity index (χ0v) is 23.0. The lowest BCUT2D eigenvalue weighted by atomic mass is 9.96. The van der Waals surface area contributed by atoms with Gasteiger partial charge in [-0.15, -0.1) is 0 Å². The maximum Gasteiger partial charge on any atom is 0.326 e. The molecule has 5 atom stereocenters. The number of aromatic hydroxyl groups is 1. The topological polar surface area (TPSA) is 235 Å². The Morgan fingerprint density at radius 1 is 0.923 bits per heavy atom. The molecule has 0 spiro atoms. The lowest BCUT2D eigenvalue weighted by Crippen LogP contribution is -2.59. The monoisotopic (exact) mass is 549 g/mol. The third kappa shape index (κ3) is 11.6. The third-order valence-corrected chi connectivity index (χ3v) is 6.34. The number of hydrogen-bond donors (Lipinski definition) is 8. The molecule has 13 nitrogen and oxygen atoms in total. The Hall–Kier alpha value is -3.87. The van der Waals surface area contributed by atoms with Crippen LogP contribution in [0.4, 0.5) is 0 Å². The molecule has 11 N–H and O–H groups in total. The summed E-state index contributed by atoms with van der Waals surface area (Å²) in [6.07, 6.45) is 1.31. The van der Waals surface area contributed by atoms with Crippen LogP contribution in [0.3, 0.4) is 0 Å². The van der Waals surface area contributed by atoms with Gasteiger partial charge in [-0.1, -0.05) is 46.2 Å². The highest BCUT2D eigenvalue weighted by atomic mass is 16.4. The van der Waals surface area contributed by atoms with Crippen molar-refractivity contribution in [1.29, 1.82) is 0 Å². The number of carbonyl (C=O) groups excluding carboxylic acids is 3. The van der Waals surface area contributed by atoms with E-state index in [1.807, 2.05) is 6.92 Å². The molecular weight excluding hydrogens is 506 g/mol. The number of nitrogens with one attached hydrogen (secondary N) is 3. The van der Waals surface area contributed by atoms with Crippen molar-refractivity contribution in [1.82, 2.24) is 16.0 Å². The maximum absolute atomic E-state index is 13.4. The molecule has 1 aromatic rings. The number of benzene rings is 1. The SMILES string of the molecule is CCC(C)C(NC(=O)C(N)CCCN=C(N)N)C(=O)NC(Cc1ccc(O)cc1)C(=O)NC(C(=O)O)C(C)C. The van der Waals surface area contributed by atoms with E-state index in [9.17, 15) is 29.4 Å². The van der Waals surface area contributed by atoms with Crippen LogP contribution in [0.2, 0.25) is 0 Å². The van der Waals surface area contributed by atoms with E-state index in [-0.39, 0.29) is 30.5 Å². The summed E-state index contributed by atoms with van der Waals surface area (Å²) in [4.78, 5) is 54.9. The number of carbonyl (C=O) groups is 4. The van der Waals surface area contributed by atoms with Crippen molar-refractivity contribution in [2.75, 3.05) is 6.54 Å². The quantitative estimate of drug-likeness (QED) is 0.0756. The number of hydrogen-bond acceptors (Lipinski definition) is 7. The zero-order valence-electron chi connectivity index (χ0n) is 23.0. The predicted octanol–water partition coefficient (Wildman–Crippen LogP) is -0.443. The standard InChI is InChI=1S/C26H43N7O6/c1-5-15(4)21(33-22(35)18(27)7-6-12-30-26(28)29)24(37)31-19(13-16-8-10-17(34)11-9-16)23(36)32-20(14(2)3)25(38)39/h8-11,14-15,18-21,34H,5-7,12-13,27H2,1-4H3,(H,31,37)(H,32,36)(H,33,35)(H,38,39)(H4,28,29,30). The number of aliphatic imine (C=N–C) groups is 1. The fourth-order valence-electron chi connectivity index (χ4n) is 3.72. The highest BCUT2D eigenvalue weighted by Crippen LogP contribution is 2.14. The van der Waals surface area contributed by atoms with Gasteiger partial charge in [-0.2, -0.15) is 0 Å². The van der Waals surface area contributed by atoms with E-state index < -0.39 is 53.8 Å². The van der Waals surface area contributed by atoms with Crippen LogP contribution in [0.15, 0.2) is 29.3 Å². The van der Waals surface area contributed by atoms with Gasteiger partial charge in [0.05, 0.1) is 6.04 Å². The number of nitrogens with two attached hydrogens (primary N) is 3. The Morgan fingerprint density at radius 2 is 1.51 bits per heavy atom. The number of guanidine groups is 1. The van der Waals surface area contributed by atoms with Gasteiger partial charge in [0.15, 0.2) is 5.96 Å². The minimum absolute atomic E-state index is 0.0216. The van der Waals surface area contributed by atoms with Gasteiger partial charge in [0.1, 0.15) is 23.9 Å². The first-order chi connectivity index (χ1) is 18.3. The average molecular weight is 550 g/mol. The van der Waals surface area contributed by atoms with Gasteiger partial charge in [-0.25, -0.2) is 4.79 Å². The molecule has 0 aliphatic carbocycles. The summed E-state index contributed by atoms with van der Waals surface area (Å²) < 4.78 is 0. The molecule has 0 radical (unpaired) electrons. The minimum atomic E-state index is -1.20. The molecule has 0 aliphatic rings. The van der Waals surface area contributed by atoms with E-state index in [0.717, 1.165) is 0 Å². The van der Waals surface area contributed by atoms with Gasteiger partial charge in [0, 0.05) is 13.0 Å². The molecule has 0 bridgehead atoms. The lowest BCUT2D eigenvalue weighted by Gasteiger charge is -2.28. The van der Waals surface area contributed by atoms with E-state index in [2.05, 4.69) is 20.9 Å². The van der Waals surface area contributed by atoms with E-state index >= 15 is 0 Å². The fraction of sp³-hybridized carbons (Fsp3) is 0.577. The molecular formula is C26H43N7O6. The van der Waals surface area contributed by atoms with E-state index in [4.69, 9.17) is 17.2 Å². The van der Waals surface area contributed by atoms with Crippen molar-refractivity contribution in [3.8, 4) is 5.75 Å². The second kappa shape index (κ2) is 16.2. The Morgan fingerprint density at radius 3 is 2.03 bits per heavy atom. The summed E-state index contributed by atoms with van der Waals surface area (Å²) in [5, 5.41) is 27.0. The second-order valence-corrected chi connectivity index (χ2v) is 9.93. The smallest absolute Gasteiger partial charge is 0.326 e. The van der Waals surface area contributed by atoms with Gasteiger partial charge in [0.25, 0.3) is 0 Å². The third-order valence-electron chi connectivity index (χ3n) is 6.34. The van der Waals surface area contributed by atoms with Crippen molar-refractivity contribution >= 4 is 29.7 Å². The molecule has 0 saturated heterocycles. The Kier molecular flexibility index (Phi) is 13.7. The number of carboxylic acid groups (broad SMARTS) is 1. The highest BCUT2D eigenvalue weighted by molar-refractivity contribution is 5.94. The number of phenolic OH excluding ortho intramolecular Hbond substituents is 1. The predicted molar refractivity (Wildman–Crippen MR) is 147 cm³/mol. The van der Waals surface area contributed by atoms with Gasteiger partial charge < -0.3 is 43.4 Å². The fourth-order valence-corrected chi connectivity index (χ4v) is 3.72. The number of rotatable bonds is 16. The first-order valence-corrected chi connectivity index (χ1v) is 13.0. The summed E-state index contributed by atoms with van der Waals surface area (Å²) in [5.41, 5.74) is 17.2. The highest BCUT2D eigenvalue weighted by Gasteiger charge is 2.33. The Balaban J connectivity index is 3.10. The minimum Gasteiger partial charge on any atom is -0.508 e. The molecule has 0 fully saturated rings. The van der Waals surface area contributed by atoms with Crippen LogP contribution in [0.25, 0.3) is 0 Å². The molecule has 218 valence electrons. The largest absolute Gasteiger partial charge is 0.508 e. The molecule has 39 heavy (non-hydrogen) atoms. The second-order valence-electron chi connectivity index (χ2n) is 9.93.